The van der Waals surface area contributed by atoms with Crippen LogP contribution in [0.5, 0.6) is 0 Å². The van der Waals surface area contributed by atoms with E-state index in [2.05, 4.69) is 95.8 Å². The lowest BCUT2D eigenvalue weighted by atomic mass is 10.1. The van der Waals surface area contributed by atoms with Crippen molar-refractivity contribution in [2.24, 2.45) is 0 Å². The summed E-state index contributed by atoms with van der Waals surface area (Å²) in [5, 5.41) is 9.60. The van der Waals surface area contributed by atoms with Crippen molar-refractivity contribution in [2.75, 3.05) is 13.2 Å². The lowest BCUT2D eigenvalue weighted by Gasteiger charge is -2.45. The largest absolute Gasteiger partial charge is 0.502 e. The highest BCUT2D eigenvalue weighted by Gasteiger charge is 2.50. The molecule has 3 unspecified atom stereocenters. The predicted octanol–water partition coefficient (Wildman–Crippen LogP) is 7.50. The molecular weight excluding hydrogens is 549 g/mol. The number of hydrogen-bond acceptors (Lipinski definition) is 6. The van der Waals surface area contributed by atoms with Crippen LogP contribution in [0.15, 0.2) is 43.2 Å². The third-order valence-corrected chi connectivity index (χ3v) is 24.7. The molecule has 1 rings (SSSR count). The number of aliphatic hydroxyl groups excluding tert-OH is 1. The number of rotatable bonds is 20. The Kier molecular flexibility index (Phi) is 14.5. The maximum Gasteiger partial charge on any atom is 0.317 e. The standard InChI is InChI=1S/C26H54O6Si5/c1-11-28-22-17-25-37(10,32-36(9,24-16-21-27)30-34(5,6)7)31-35(8,29-33(2,3)4)23-15-20-26-18-13-12-14-19-26/h11-14,18-19,27H,1,15-17,20-25H2,2-10H3. The third-order valence-electron chi connectivity index (χ3n) is 5.65. The van der Waals surface area contributed by atoms with Crippen LogP contribution in [0.1, 0.15) is 24.8 Å². The molecule has 214 valence electrons. The first-order valence-corrected chi connectivity index (χ1v) is 28.1. The Morgan fingerprint density at radius 2 is 1.14 bits per heavy atom. The van der Waals surface area contributed by atoms with Crippen LogP contribution in [0.25, 0.3) is 0 Å². The van der Waals surface area contributed by atoms with Gasteiger partial charge in [-0.3, -0.25) is 0 Å². The van der Waals surface area contributed by atoms with E-state index in [4.69, 9.17) is 21.2 Å². The van der Waals surface area contributed by atoms with Gasteiger partial charge in [0.05, 0.1) is 12.9 Å². The minimum Gasteiger partial charge on any atom is -0.502 e. The van der Waals surface area contributed by atoms with E-state index in [1.165, 1.54) is 11.8 Å². The molecule has 0 fully saturated rings. The molecule has 1 aromatic carbocycles. The van der Waals surface area contributed by atoms with Crippen LogP contribution in [0.3, 0.4) is 0 Å². The van der Waals surface area contributed by atoms with Gasteiger partial charge in [0.25, 0.3) is 0 Å². The first-order valence-electron chi connectivity index (χ1n) is 13.7. The summed E-state index contributed by atoms with van der Waals surface area (Å²) < 4.78 is 33.4. The average molecular weight is 603 g/mol. The van der Waals surface area contributed by atoms with Crippen molar-refractivity contribution >= 4 is 42.3 Å². The Balaban J connectivity index is 3.23. The van der Waals surface area contributed by atoms with Crippen LogP contribution in [-0.4, -0.2) is 60.6 Å². The molecule has 3 atom stereocenters. The number of aryl methyl sites for hydroxylation is 1. The van der Waals surface area contributed by atoms with E-state index in [9.17, 15) is 5.11 Å². The maximum atomic E-state index is 9.60. The number of hydrogen-bond donors (Lipinski definition) is 1. The van der Waals surface area contributed by atoms with E-state index >= 15 is 0 Å². The highest BCUT2D eigenvalue weighted by atomic mass is 28.5. The van der Waals surface area contributed by atoms with Crippen LogP contribution in [-0.2, 0) is 27.6 Å². The number of aliphatic hydroxyl groups is 1. The molecule has 0 radical (unpaired) electrons. The van der Waals surface area contributed by atoms with Gasteiger partial charge in [-0.1, -0.05) is 36.9 Å². The second-order valence-electron chi connectivity index (χ2n) is 12.3. The Bertz CT molecular complexity index is 788. The Hall–Kier alpha value is -0.356. The van der Waals surface area contributed by atoms with Gasteiger partial charge in [0.15, 0.2) is 16.6 Å². The molecule has 0 spiro atoms. The van der Waals surface area contributed by atoms with E-state index in [0.717, 1.165) is 37.4 Å². The predicted molar refractivity (Wildman–Crippen MR) is 168 cm³/mol. The fourth-order valence-corrected chi connectivity index (χ4v) is 28.9. The second kappa shape index (κ2) is 15.4. The van der Waals surface area contributed by atoms with Crippen molar-refractivity contribution in [1.82, 2.24) is 0 Å². The van der Waals surface area contributed by atoms with E-state index in [0.29, 0.717) is 13.0 Å². The number of benzene rings is 1. The molecule has 0 saturated carbocycles. The fourth-order valence-electron chi connectivity index (χ4n) is 4.80. The molecule has 1 N–H and O–H groups in total. The van der Waals surface area contributed by atoms with Gasteiger partial charge < -0.3 is 26.3 Å². The molecule has 37 heavy (non-hydrogen) atoms. The molecule has 1 aromatic rings. The van der Waals surface area contributed by atoms with Gasteiger partial charge in [0, 0.05) is 6.61 Å². The fraction of sp³-hybridized carbons (Fsp3) is 0.692. The van der Waals surface area contributed by atoms with Crippen molar-refractivity contribution in [3.05, 3.63) is 48.7 Å². The van der Waals surface area contributed by atoms with Crippen LogP contribution >= 0.6 is 0 Å². The Morgan fingerprint density at radius 3 is 1.59 bits per heavy atom. The van der Waals surface area contributed by atoms with Crippen LogP contribution in [0.4, 0.5) is 0 Å². The summed E-state index contributed by atoms with van der Waals surface area (Å²) in [6.45, 7) is 24.3. The van der Waals surface area contributed by atoms with Crippen molar-refractivity contribution in [3.8, 4) is 0 Å². The van der Waals surface area contributed by atoms with Crippen LogP contribution < -0.4 is 0 Å². The first kappa shape index (κ1) is 34.7. The number of ether oxygens (including phenoxy) is 1. The summed E-state index contributed by atoms with van der Waals surface area (Å²) >= 11 is 0. The van der Waals surface area contributed by atoms with Crippen LogP contribution in [0, 0.1) is 0 Å². The molecule has 11 heteroatoms. The second-order valence-corrected chi connectivity index (χ2v) is 32.4. The van der Waals surface area contributed by atoms with Gasteiger partial charge in [-0.05, 0) is 108 Å². The van der Waals surface area contributed by atoms with E-state index < -0.39 is 42.3 Å². The third kappa shape index (κ3) is 15.7. The molecule has 0 heterocycles. The van der Waals surface area contributed by atoms with Crippen molar-refractivity contribution < 1.29 is 26.3 Å². The normalized spacial score (nSPS) is 17.5. The summed E-state index contributed by atoms with van der Waals surface area (Å²) in [5.74, 6) is 0. The molecule has 0 saturated heterocycles. The quantitative estimate of drug-likeness (QED) is 0.0947. The summed E-state index contributed by atoms with van der Waals surface area (Å²) in [7, 11) is -11.6. The van der Waals surface area contributed by atoms with Gasteiger partial charge in [-0.25, -0.2) is 0 Å². The maximum absolute atomic E-state index is 9.60. The highest BCUT2D eigenvalue weighted by molar-refractivity contribution is 6.91. The van der Waals surface area contributed by atoms with Gasteiger partial charge in [0.1, 0.15) is 0 Å². The molecule has 6 nitrogen and oxygen atoms in total. The highest BCUT2D eigenvalue weighted by Crippen LogP contribution is 2.33. The summed E-state index contributed by atoms with van der Waals surface area (Å²) in [4.78, 5) is 0. The van der Waals surface area contributed by atoms with E-state index in [1.807, 2.05) is 0 Å². The molecular formula is C26H54O6Si5. The van der Waals surface area contributed by atoms with Gasteiger partial charge in [-0.15, -0.1) is 0 Å². The molecule has 0 aliphatic heterocycles. The van der Waals surface area contributed by atoms with E-state index in [1.54, 1.807) is 0 Å². The minimum atomic E-state index is -2.73. The smallest absolute Gasteiger partial charge is 0.317 e. The zero-order chi connectivity index (χ0) is 28.2. The van der Waals surface area contributed by atoms with Gasteiger partial charge >= 0.3 is 25.7 Å². The summed E-state index contributed by atoms with van der Waals surface area (Å²) in [6, 6.07) is 13.1. The topological polar surface area (TPSA) is 66.4 Å². The van der Waals surface area contributed by atoms with Gasteiger partial charge in [0.2, 0.25) is 0 Å². The molecule has 0 aromatic heterocycles. The lowest BCUT2D eigenvalue weighted by Crippen LogP contribution is -2.61. The SMILES string of the molecule is C=COCCC[Si](C)(O[Si](C)(CCCO)O[Si](C)(C)C)O[Si](C)(CCCc1ccccc1)O[Si](C)(C)C. The zero-order valence-corrected chi connectivity index (χ0v) is 30.0. The summed E-state index contributed by atoms with van der Waals surface area (Å²) in [5.41, 5.74) is 1.34. The average Bonchev–Trinajstić information content (AvgIpc) is 2.73. The molecule has 0 bridgehead atoms. The van der Waals surface area contributed by atoms with Crippen molar-refractivity contribution in [2.45, 2.75) is 103 Å². The van der Waals surface area contributed by atoms with E-state index in [-0.39, 0.29) is 6.61 Å². The van der Waals surface area contributed by atoms with Crippen LogP contribution in [0.2, 0.25) is 77.1 Å². The molecule has 0 amide bonds. The molecule has 0 aliphatic rings. The lowest BCUT2D eigenvalue weighted by molar-refractivity contribution is 0.238. The first-order chi connectivity index (χ1) is 17.0. The molecule has 0 aliphatic carbocycles. The monoisotopic (exact) mass is 602 g/mol. The summed E-state index contributed by atoms with van der Waals surface area (Å²) in [6.07, 6.45) is 5.02. The zero-order valence-electron chi connectivity index (χ0n) is 25.0. The Morgan fingerprint density at radius 1 is 0.676 bits per heavy atom. The Labute approximate surface area is 232 Å². The van der Waals surface area contributed by atoms with Crippen molar-refractivity contribution in [1.29, 1.82) is 0 Å². The minimum absolute atomic E-state index is 0.137. The van der Waals surface area contributed by atoms with Crippen molar-refractivity contribution in [3.63, 3.8) is 0 Å². The van der Waals surface area contributed by atoms with Gasteiger partial charge in [-0.2, -0.15) is 0 Å².